The highest BCUT2D eigenvalue weighted by atomic mass is 16.5. The number of carbonyl (C=O) groups is 1. The summed E-state index contributed by atoms with van der Waals surface area (Å²) < 4.78 is 0. The maximum absolute atomic E-state index is 10.2. The maximum atomic E-state index is 10.2. The second-order valence-electron chi connectivity index (χ2n) is 2.29. The van der Waals surface area contributed by atoms with E-state index >= 15 is 0 Å². The van der Waals surface area contributed by atoms with Crippen LogP contribution in [0.25, 0.3) is 0 Å². The summed E-state index contributed by atoms with van der Waals surface area (Å²) in [5, 5.41) is 18.2. The van der Waals surface area contributed by atoms with Gasteiger partial charge in [-0.3, -0.25) is 10.0 Å². The summed E-state index contributed by atoms with van der Waals surface area (Å²) in [4.78, 5) is 10.2. The van der Waals surface area contributed by atoms with Gasteiger partial charge in [-0.1, -0.05) is 18.2 Å². The van der Waals surface area contributed by atoms with E-state index in [0.29, 0.717) is 10.8 Å². The fourth-order valence-corrected chi connectivity index (χ4v) is 0.819. The van der Waals surface area contributed by atoms with Crippen LogP contribution in [0.1, 0.15) is 0 Å². The van der Waals surface area contributed by atoms with Crippen LogP contribution in [0.3, 0.4) is 0 Å². The van der Waals surface area contributed by atoms with Crippen molar-refractivity contribution in [2.45, 2.75) is 0 Å². The fourth-order valence-electron chi connectivity index (χ4n) is 0.819. The molecule has 0 radical (unpaired) electrons. The normalized spacial score (nSPS) is 9.42. The van der Waals surface area contributed by atoms with Crippen LogP contribution in [0.4, 0.5) is 5.69 Å². The molecule has 0 amide bonds. The van der Waals surface area contributed by atoms with Gasteiger partial charge in [-0.15, -0.1) is 0 Å². The summed E-state index contributed by atoms with van der Waals surface area (Å²) in [6, 6.07) is 8.49. The molecular weight excluding hydrogens is 158 g/mol. The van der Waals surface area contributed by atoms with Crippen molar-refractivity contribution in [3.63, 3.8) is 0 Å². The molecule has 1 aromatic carbocycles. The van der Waals surface area contributed by atoms with Gasteiger partial charge >= 0.3 is 5.97 Å². The zero-order chi connectivity index (χ0) is 8.97. The second kappa shape index (κ2) is 3.73. The predicted molar refractivity (Wildman–Crippen MR) is 43.2 cm³/mol. The molecule has 0 aliphatic heterocycles. The minimum absolute atomic E-state index is 0.413. The lowest BCUT2D eigenvalue weighted by Crippen LogP contribution is -2.25. The number of nitrogens with zero attached hydrogens (tertiary/aromatic N) is 1. The SMILES string of the molecule is O=C(O)CN(O)c1ccccc1. The first kappa shape index (κ1) is 8.55. The molecule has 0 spiro atoms. The summed E-state index contributed by atoms with van der Waals surface area (Å²) in [5.74, 6) is -1.07. The third kappa shape index (κ3) is 2.25. The smallest absolute Gasteiger partial charge is 0.325 e. The van der Waals surface area contributed by atoms with Gasteiger partial charge in [0.05, 0.1) is 5.69 Å². The molecule has 0 bridgehead atoms. The third-order valence-corrected chi connectivity index (χ3v) is 1.34. The topological polar surface area (TPSA) is 60.8 Å². The molecule has 1 rings (SSSR count). The first-order valence-corrected chi connectivity index (χ1v) is 3.43. The zero-order valence-corrected chi connectivity index (χ0v) is 6.34. The Morgan fingerprint density at radius 1 is 1.33 bits per heavy atom. The van der Waals surface area contributed by atoms with Crippen LogP contribution in [0.15, 0.2) is 30.3 Å². The van der Waals surface area contributed by atoms with E-state index in [1.807, 2.05) is 0 Å². The fraction of sp³-hybridized carbons (Fsp3) is 0.125. The van der Waals surface area contributed by atoms with Gasteiger partial charge in [0.15, 0.2) is 0 Å². The highest BCUT2D eigenvalue weighted by Gasteiger charge is 2.05. The molecule has 0 unspecified atom stereocenters. The average Bonchev–Trinajstić information content (AvgIpc) is 2.05. The number of rotatable bonds is 3. The van der Waals surface area contributed by atoms with E-state index in [1.165, 1.54) is 0 Å². The molecular formula is C8H9NO3. The van der Waals surface area contributed by atoms with Crippen molar-refractivity contribution >= 4 is 11.7 Å². The number of para-hydroxylation sites is 1. The van der Waals surface area contributed by atoms with Gasteiger partial charge in [0.25, 0.3) is 0 Å². The van der Waals surface area contributed by atoms with Crippen molar-refractivity contribution in [2.24, 2.45) is 0 Å². The quantitative estimate of drug-likeness (QED) is 0.658. The number of hydrogen-bond donors (Lipinski definition) is 2. The zero-order valence-electron chi connectivity index (χ0n) is 6.34. The number of anilines is 1. The van der Waals surface area contributed by atoms with Gasteiger partial charge in [0, 0.05) is 0 Å². The van der Waals surface area contributed by atoms with Crippen molar-refractivity contribution in [2.75, 3.05) is 11.6 Å². The van der Waals surface area contributed by atoms with Gasteiger partial charge in [-0.05, 0) is 12.1 Å². The Hall–Kier alpha value is -1.55. The molecule has 4 heteroatoms. The summed E-state index contributed by atoms with van der Waals surface area (Å²) in [7, 11) is 0. The van der Waals surface area contributed by atoms with Crippen molar-refractivity contribution in [3.8, 4) is 0 Å². The average molecular weight is 167 g/mol. The molecule has 4 nitrogen and oxygen atoms in total. The lowest BCUT2D eigenvalue weighted by Gasteiger charge is -2.13. The number of carboxylic acids is 1. The molecule has 0 heterocycles. The Balaban J connectivity index is 2.65. The van der Waals surface area contributed by atoms with E-state index in [9.17, 15) is 4.79 Å². The van der Waals surface area contributed by atoms with E-state index in [2.05, 4.69) is 0 Å². The Bertz CT molecular complexity index is 260. The Labute approximate surface area is 69.6 Å². The minimum atomic E-state index is -1.07. The molecule has 0 aliphatic carbocycles. The van der Waals surface area contributed by atoms with Crippen molar-refractivity contribution < 1.29 is 15.1 Å². The van der Waals surface area contributed by atoms with Crippen molar-refractivity contribution in [3.05, 3.63) is 30.3 Å². The van der Waals surface area contributed by atoms with Crippen molar-refractivity contribution in [1.29, 1.82) is 0 Å². The summed E-state index contributed by atoms with van der Waals surface area (Å²) in [6.07, 6.45) is 0. The Kier molecular flexibility index (Phi) is 2.66. The molecule has 12 heavy (non-hydrogen) atoms. The molecule has 0 atom stereocenters. The highest BCUT2D eigenvalue weighted by molar-refractivity contribution is 5.72. The van der Waals surface area contributed by atoms with Crippen LogP contribution in [-0.2, 0) is 4.79 Å². The number of hydrogen-bond acceptors (Lipinski definition) is 3. The number of hydroxylamine groups is 1. The van der Waals surface area contributed by atoms with E-state index in [0.717, 1.165) is 0 Å². The molecule has 0 aromatic heterocycles. The van der Waals surface area contributed by atoms with Crippen LogP contribution in [-0.4, -0.2) is 22.8 Å². The number of carboxylic acid groups (broad SMARTS) is 1. The van der Waals surface area contributed by atoms with E-state index in [1.54, 1.807) is 30.3 Å². The van der Waals surface area contributed by atoms with Gasteiger partial charge < -0.3 is 5.11 Å². The molecule has 0 saturated heterocycles. The van der Waals surface area contributed by atoms with Crippen molar-refractivity contribution in [1.82, 2.24) is 0 Å². The first-order chi connectivity index (χ1) is 5.70. The van der Waals surface area contributed by atoms with Gasteiger partial charge in [-0.25, -0.2) is 5.06 Å². The third-order valence-electron chi connectivity index (χ3n) is 1.34. The molecule has 0 saturated carbocycles. The number of benzene rings is 1. The lowest BCUT2D eigenvalue weighted by molar-refractivity contribution is -0.136. The summed E-state index contributed by atoms with van der Waals surface area (Å²) >= 11 is 0. The number of aliphatic carboxylic acids is 1. The van der Waals surface area contributed by atoms with Crippen LogP contribution in [0.2, 0.25) is 0 Å². The van der Waals surface area contributed by atoms with Crippen LogP contribution in [0, 0.1) is 0 Å². The molecule has 0 aliphatic rings. The second-order valence-corrected chi connectivity index (χ2v) is 2.29. The summed E-state index contributed by atoms with van der Waals surface area (Å²) in [6.45, 7) is -0.413. The van der Waals surface area contributed by atoms with Crippen LogP contribution in [0.5, 0.6) is 0 Å². The molecule has 0 fully saturated rings. The monoisotopic (exact) mass is 167 g/mol. The Morgan fingerprint density at radius 2 is 1.92 bits per heavy atom. The van der Waals surface area contributed by atoms with Gasteiger partial charge in [0.2, 0.25) is 0 Å². The molecule has 2 N–H and O–H groups in total. The molecule has 1 aromatic rings. The van der Waals surface area contributed by atoms with Gasteiger partial charge in [0.1, 0.15) is 6.54 Å². The summed E-state index contributed by atoms with van der Waals surface area (Å²) in [5.41, 5.74) is 0.472. The van der Waals surface area contributed by atoms with E-state index in [4.69, 9.17) is 10.3 Å². The standard InChI is InChI=1S/C8H9NO3/c10-8(11)6-9(12)7-4-2-1-3-5-7/h1-5,12H,6H2,(H,10,11). The Morgan fingerprint density at radius 3 is 2.42 bits per heavy atom. The lowest BCUT2D eigenvalue weighted by atomic mass is 10.3. The maximum Gasteiger partial charge on any atom is 0.325 e. The van der Waals surface area contributed by atoms with Gasteiger partial charge in [-0.2, -0.15) is 0 Å². The predicted octanol–water partition coefficient (Wildman–Crippen LogP) is 0.967. The minimum Gasteiger partial charge on any atom is -0.480 e. The van der Waals surface area contributed by atoms with E-state index < -0.39 is 12.5 Å². The first-order valence-electron chi connectivity index (χ1n) is 3.43. The molecule has 64 valence electrons. The van der Waals surface area contributed by atoms with E-state index in [-0.39, 0.29) is 0 Å². The highest BCUT2D eigenvalue weighted by Crippen LogP contribution is 2.09. The van der Waals surface area contributed by atoms with Crippen LogP contribution >= 0.6 is 0 Å². The van der Waals surface area contributed by atoms with Crippen LogP contribution < -0.4 is 5.06 Å². The largest absolute Gasteiger partial charge is 0.480 e.